The maximum Gasteiger partial charge on any atom is 0.228 e. The van der Waals surface area contributed by atoms with Crippen molar-refractivity contribution in [3.8, 4) is 17.5 Å². The molecule has 2 aliphatic rings. The van der Waals surface area contributed by atoms with Crippen LogP contribution in [0.25, 0.3) is 5.69 Å². The maximum absolute atomic E-state index is 14.9. The molecule has 3 aromatic carbocycles. The van der Waals surface area contributed by atoms with Crippen LogP contribution in [0.4, 0.5) is 10.1 Å². The first-order chi connectivity index (χ1) is 18.0. The fraction of sp³-hybridized carbons (Fsp3) is 0.200. The number of halogens is 1. The van der Waals surface area contributed by atoms with Crippen molar-refractivity contribution in [2.24, 2.45) is 4.99 Å². The van der Waals surface area contributed by atoms with Crippen molar-refractivity contribution in [2.45, 2.75) is 32.7 Å². The van der Waals surface area contributed by atoms with Crippen molar-refractivity contribution in [1.82, 2.24) is 14.8 Å². The minimum atomic E-state index is -0.340. The third-order valence-electron chi connectivity index (χ3n) is 6.83. The number of benzene rings is 3. The number of aliphatic imine (C=N–C) groups is 1. The van der Waals surface area contributed by atoms with Gasteiger partial charge in [0, 0.05) is 28.8 Å². The fourth-order valence-electron chi connectivity index (χ4n) is 5.02. The summed E-state index contributed by atoms with van der Waals surface area (Å²) in [6.45, 7) is 4.12. The molecule has 1 amide bonds. The third kappa shape index (κ3) is 4.01. The largest absolute Gasteiger partial charge is 0.300 e. The second kappa shape index (κ2) is 9.14. The van der Waals surface area contributed by atoms with Crippen LogP contribution in [0.1, 0.15) is 53.3 Å². The molecule has 0 bridgehead atoms. The summed E-state index contributed by atoms with van der Waals surface area (Å²) in [4.78, 5) is 19.2. The first kappa shape index (κ1) is 22.9. The number of carbonyl (C=O) groups is 1. The standard InChI is InChI=1S/C30H24FN5O/c1-19-30-34-33-20(2)36(30)27-15-13-21(18-24(27)29(32-19)23-10-4-5-11-25(23)31)8-7-17-35-26-12-6-3-9-22(26)14-16-28(35)37/h3-6,9-13,15,18-19H,14,16-17H2,1-2H3. The lowest BCUT2D eigenvalue weighted by Crippen LogP contribution is -2.35. The average Bonchev–Trinajstić information content (AvgIpc) is 3.24. The summed E-state index contributed by atoms with van der Waals surface area (Å²) in [7, 11) is 0. The highest BCUT2D eigenvalue weighted by molar-refractivity contribution is 6.15. The number of amides is 1. The molecule has 6 rings (SSSR count). The first-order valence-electron chi connectivity index (χ1n) is 12.3. The Morgan fingerprint density at radius 3 is 2.65 bits per heavy atom. The van der Waals surface area contributed by atoms with Crippen molar-refractivity contribution < 1.29 is 9.18 Å². The van der Waals surface area contributed by atoms with Crippen molar-refractivity contribution >= 4 is 17.3 Å². The van der Waals surface area contributed by atoms with E-state index < -0.39 is 0 Å². The van der Waals surface area contributed by atoms with Crippen molar-refractivity contribution in [3.05, 3.63) is 106 Å². The molecule has 182 valence electrons. The van der Waals surface area contributed by atoms with Gasteiger partial charge in [-0.25, -0.2) is 4.39 Å². The quantitative estimate of drug-likeness (QED) is 0.374. The Kier molecular flexibility index (Phi) is 5.65. The number of carbonyl (C=O) groups excluding carboxylic acids is 1. The van der Waals surface area contributed by atoms with Gasteiger partial charge in [-0.2, -0.15) is 0 Å². The second-order valence-electron chi connectivity index (χ2n) is 9.22. The van der Waals surface area contributed by atoms with Crippen molar-refractivity contribution in [3.63, 3.8) is 0 Å². The Bertz CT molecular complexity index is 1640. The van der Waals surface area contributed by atoms with E-state index in [9.17, 15) is 9.18 Å². The SMILES string of the molecule is Cc1nnc2n1-c1ccc(C#CCN3C(=O)CCc4ccccc43)cc1C(c1ccccc1F)=NC2C. The van der Waals surface area contributed by atoms with E-state index in [1.165, 1.54) is 6.07 Å². The molecule has 37 heavy (non-hydrogen) atoms. The molecule has 7 heteroatoms. The van der Waals surface area contributed by atoms with E-state index in [1.807, 2.05) is 54.8 Å². The number of fused-ring (bicyclic) bond motifs is 4. The molecule has 1 aromatic heterocycles. The topological polar surface area (TPSA) is 63.4 Å². The Morgan fingerprint density at radius 1 is 0.973 bits per heavy atom. The zero-order valence-electron chi connectivity index (χ0n) is 20.6. The number of nitrogens with zero attached hydrogens (tertiary/aromatic N) is 5. The van der Waals surface area contributed by atoms with Gasteiger partial charge < -0.3 is 4.90 Å². The van der Waals surface area contributed by atoms with Crippen LogP contribution >= 0.6 is 0 Å². The highest BCUT2D eigenvalue weighted by atomic mass is 19.1. The molecular weight excluding hydrogens is 465 g/mol. The van der Waals surface area contributed by atoms with E-state index in [4.69, 9.17) is 4.99 Å². The zero-order valence-corrected chi connectivity index (χ0v) is 20.6. The minimum Gasteiger partial charge on any atom is -0.300 e. The molecule has 0 fully saturated rings. The predicted molar refractivity (Wildman–Crippen MR) is 141 cm³/mol. The van der Waals surface area contributed by atoms with E-state index in [0.717, 1.165) is 40.3 Å². The number of rotatable bonds is 2. The molecule has 0 saturated heterocycles. The van der Waals surface area contributed by atoms with Crippen LogP contribution in [0.3, 0.4) is 0 Å². The summed E-state index contributed by atoms with van der Waals surface area (Å²) < 4.78 is 16.9. The number of aryl methyl sites for hydroxylation is 2. The molecular formula is C30H24FN5O. The van der Waals surface area contributed by atoms with Gasteiger partial charge in [-0.1, -0.05) is 42.2 Å². The molecule has 0 saturated carbocycles. The summed E-state index contributed by atoms with van der Waals surface area (Å²) in [5, 5.41) is 8.60. The van der Waals surface area contributed by atoms with Gasteiger partial charge in [0.15, 0.2) is 5.82 Å². The molecule has 1 unspecified atom stereocenters. The number of para-hydroxylation sites is 1. The second-order valence-corrected chi connectivity index (χ2v) is 9.22. The molecule has 0 N–H and O–H groups in total. The van der Waals surface area contributed by atoms with Gasteiger partial charge in [-0.05, 0) is 62.2 Å². The minimum absolute atomic E-state index is 0.0773. The number of anilines is 1. The van der Waals surface area contributed by atoms with E-state index >= 15 is 0 Å². The van der Waals surface area contributed by atoms with Crippen LogP contribution in [0.5, 0.6) is 0 Å². The molecule has 1 atom stereocenters. The smallest absolute Gasteiger partial charge is 0.228 e. The van der Waals surface area contributed by atoms with E-state index in [1.54, 1.807) is 23.1 Å². The van der Waals surface area contributed by atoms with E-state index in [-0.39, 0.29) is 17.8 Å². The van der Waals surface area contributed by atoms with Gasteiger partial charge in [-0.15, -0.1) is 10.2 Å². The third-order valence-corrected chi connectivity index (χ3v) is 6.83. The van der Waals surface area contributed by atoms with Gasteiger partial charge in [0.2, 0.25) is 5.91 Å². The highest BCUT2D eigenvalue weighted by Crippen LogP contribution is 2.32. The van der Waals surface area contributed by atoms with E-state index in [2.05, 4.69) is 28.1 Å². The molecule has 6 nitrogen and oxygen atoms in total. The molecule has 2 aliphatic heterocycles. The fourth-order valence-corrected chi connectivity index (χ4v) is 5.02. The summed E-state index contributed by atoms with van der Waals surface area (Å²) in [6.07, 6.45) is 1.24. The number of hydrogen-bond donors (Lipinski definition) is 0. The molecule has 3 heterocycles. The average molecular weight is 490 g/mol. The van der Waals surface area contributed by atoms with Gasteiger partial charge in [0.05, 0.1) is 17.9 Å². The summed E-state index contributed by atoms with van der Waals surface area (Å²) in [6, 6.07) is 20.1. The van der Waals surface area contributed by atoms with Crippen molar-refractivity contribution in [2.75, 3.05) is 11.4 Å². The summed E-state index contributed by atoms with van der Waals surface area (Å²) >= 11 is 0. The molecule has 0 aliphatic carbocycles. The van der Waals surface area contributed by atoms with Crippen LogP contribution < -0.4 is 4.90 Å². The molecule has 0 spiro atoms. The van der Waals surface area contributed by atoms with Crippen LogP contribution in [0.15, 0.2) is 71.7 Å². The first-order valence-corrected chi connectivity index (χ1v) is 12.3. The number of hydrogen-bond acceptors (Lipinski definition) is 4. The predicted octanol–water partition coefficient (Wildman–Crippen LogP) is 4.96. The summed E-state index contributed by atoms with van der Waals surface area (Å²) in [5.74, 6) is 7.55. The Hall–Kier alpha value is -4.57. The van der Waals surface area contributed by atoms with Crippen LogP contribution in [0, 0.1) is 24.6 Å². The monoisotopic (exact) mass is 489 g/mol. The Morgan fingerprint density at radius 2 is 1.78 bits per heavy atom. The van der Waals surface area contributed by atoms with Crippen LogP contribution in [0.2, 0.25) is 0 Å². The zero-order chi connectivity index (χ0) is 25.5. The van der Waals surface area contributed by atoms with Crippen molar-refractivity contribution in [1.29, 1.82) is 0 Å². The van der Waals surface area contributed by atoms with Gasteiger partial charge in [-0.3, -0.25) is 14.4 Å². The van der Waals surface area contributed by atoms with E-state index in [0.29, 0.717) is 30.1 Å². The molecule has 4 aromatic rings. The van der Waals surface area contributed by atoms with Gasteiger partial charge >= 0.3 is 0 Å². The Balaban J connectivity index is 1.42. The summed E-state index contributed by atoms with van der Waals surface area (Å²) in [5.41, 5.74) is 5.39. The van der Waals surface area contributed by atoms with Crippen LogP contribution in [-0.2, 0) is 11.2 Å². The highest BCUT2D eigenvalue weighted by Gasteiger charge is 2.27. The number of aromatic nitrogens is 3. The van der Waals surface area contributed by atoms with Gasteiger partial charge in [0.1, 0.15) is 17.7 Å². The molecule has 0 radical (unpaired) electrons. The lowest BCUT2D eigenvalue weighted by Gasteiger charge is -2.27. The normalized spacial score (nSPS) is 16.1. The lowest BCUT2D eigenvalue weighted by atomic mass is 9.98. The Labute approximate surface area is 214 Å². The van der Waals surface area contributed by atoms with Crippen LogP contribution in [-0.4, -0.2) is 32.9 Å². The van der Waals surface area contributed by atoms with Gasteiger partial charge in [0.25, 0.3) is 0 Å². The lowest BCUT2D eigenvalue weighted by molar-refractivity contribution is -0.118. The maximum atomic E-state index is 14.9.